The Kier molecular flexibility index (Phi) is 6.34. The summed E-state index contributed by atoms with van der Waals surface area (Å²) in [7, 11) is -3.59. The average Bonchev–Trinajstić information content (AvgIpc) is 3.08. The average molecular weight is 430 g/mol. The summed E-state index contributed by atoms with van der Waals surface area (Å²) in [4.78, 5) is 15.8. The van der Waals surface area contributed by atoms with E-state index >= 15 is 0 Å². The van der Waals surface area contributed by atoms with Crippen LogP contribution < -0.4 is 5.32 Å². The van der Waals surface area contributed by atoms with E-state index in [0.717, 1.165) is 9.75 Å². The number of nitrogens with one attached hydrogen (secondary N) is 1. The maximum Gasteiger partial charge on any atom is 0.262 e. The first-order valence-corrected chi connectivity index (χ1v) is 10.3. The number of piperazine rings is 1. The predicted octanol–water partition coefficient (Wildman–Crippen LogP) is 1.62. The fourth-order valence-corrected chi connectivity index (χ4v) is 6.21. The maximum absolute atomic E-state index is 13.2. The molecule has 2 fully saturated rings. The van der Waals surface area contributed by atoms with Crippen LogP contribution in [0.4, 0.5) is 8.78 Å². The fraction of sp³-hybridized carbons (Fsp3) is 0.667. The molecule has 1 atom stereocenters. The molecule has 0 saturated carbocycles. The van der Waals surface area contributed by atoms with E-state index in [9.17, 15) is 22.0 Å². The Morgan fingerprint density at radius 1 is 1.27 bits per heavy atom. The second kappa shape index (κ2) is 7.67. The quantitative estimate of drug-likeness (QED) is 0.792. The minimum atomic E-state index is -3.59. The molecular weight excluding hydrogens is 408 g/mol. The molecule has 3 rings (SSSR count). The molecule has 26 heavy (non-hydrogen) atoms. The van der Waals surface area contributed by atoms with E-state index in [1.165, 1.54) is 20.5 Å². The molecular formula is C15H22ClF2N3O3S2. The van der Waals surface area contributed by atoms with Gasteiger partial charge in [0, 0.05) is 42.4 Å². The summed E-state index contributed by atoms with van der Waals surface area (Å²) in [6.45, 7) is 3.91. The Balaban J connectivity index is 0.00000243. The van der Waals surface area contributed by atoms with Crippen molar-refractivity contribution in [2.75, 3.05) is 32.7 Å². The molecule has 2 aliphatic heterocycles. The van der Waals surface area contributed by atoms with Crippen LogP contribution in [0.2, 0.25) is 0 Å². The molecule has 148 valence electrons. The number of hydrogen-bond donors (Lipinski definition) is 1. The Morgan fingerprint density at radius 2 is 1.88 bits per heavy atom. The van der Waals surface area contributed by atoms with E-state index in [0.29, 0.717) is 4.90 Å². The molecule has 3 heterocycles. The van der Waals surface area contributed by atoms with E-state index in [-0.39, 0.29) is 44.5 Å². The van der Waals surface area contributed by atoms with Crippen LogP contribution in [0.1, 0.15) is 16.2 Å². The van der Waals surface area contributed by atoms with Gasteiger partial charge in [0.2, 0.25) is 15.9 Å². The lowest BCUT2D eigenvalue weighted by atomic mass is 10.1. The molecule has 0 spiro atoms. The first kappa shape index (κ1) is 21.5. The third kappa shape index (κ3) is 4.19. The summed E-state index contributed by atoms with van der Waals surface area (Å²) < 4.78 is 53.4. The topological polar surface area (TPSA) is 69.7 Å². The van der Waals surface area contributed by atoms with Gasteiger partial charge in [-0.2, -0.15) is 4.31 Å². The highest BCUT2D eigenvalue weighted by atomic mass is 35.5. The van der Waals surface area contributed by atoms with Gasteiger partial charge in [-0.1, -0.05) is 0 Å². The lowest BCUT2D eigenvalue weighted by molar-refractivity contribution is -0.134. The third-order valence-electron chi connectivity index (χ3n) is 4.57. The van der Waals surface area contributed by atoms with Gasteiger partial charge in [-0.3, -0.25) is 10.1 Å². The van der Waals surface area contributed by atoms with Gasteiger partial charge in [0.1, 0.15) is 0 Å². The molecule has 0 aromatic carbocycles. The molecule has 11 heteroatoms. The van der Waals surface area contributed by atoms with Crippen LogP contribution >= 0.6 is 23.7 Å². The molecule has 0 bridgehead atoms. The Labute approximate surface area is 162 Å². The van der Waals surface area contributed by atoms with E-state index in [2.05, 4.69) is 5.32 Å². The van der Waals surface area contributed by atoms with Crippen molar-refractivity contribution in [2.45, 2.75) is 37.1 Å². The number of halogens is 3. The number of rotatable bonds is 3. The van der Waals surface area contributed by atoms with Crippen molar-refractivity contribution < 1.29 is 22.0 Å². The zero-order valence-corrected chi connectivity index (χ0v) is 16.9. The Hall–Kier alpha value is -0.810. The van der Waals surface area contributed by atoms with Crippen molar-refractivity contribution in [3.05, 3.63) is 15.8 Å². The molecule has 1 unspecified atom stereocenters. The van der Waals surface area contributed by atoms with Crippen molar-refractivity contribution in [2.24, 2.45) is 0 Å². The number of thiophene rings is 1. The predicted molar refractivity (Wildman–Crippen MR) is 97.7 cm³/mol. The summed E-state index contributed by atoms with van der Waals surface area (Å²) in [6, 6.07) is 0.775. The molecule has 2 aliphatic rings. The van der Waals surface area contributed by atoms with Gasteiger partial charge in [-0.15, -0.1) is 23.7 Å². The van der Waals surface area contributed by atoms with Crippen molar-refractivity contribution in [3.8, 4) is 0 Å². The van der Waals surface area contributed by atoms with Gasteiger partial charge < -0.3 is 4.90 Å². The number of aryl methyl sites for hydroxylation is 2. The number of sulfonamides is 1. The van der Waals surface area contributed by atoms with E-state index in [1.807, 2.05) is 6.92 Å². The zero-order chi connectivity index (χ0) is 18.4. The summed E-state index contributed by atoms with van der Waals surface area (Å²) in [6.07, 6.45) is -0.502. The lowest BCUT2D eigenvalue weighted by Crippen LogP contribution is -2.54. The summed E-state index contributed by atoms with van der Waals surface area (Å²) in [5.74, 6) is -3.24. The molecule has 6 nitrogen and oxygen atoms in total. The normalized spacial score (nSPS) is 23.7. The molecule has 1 N–H and O–H groups in total. The van der Waals surface area contributed by atoms with Gasteiger partial charge in [-0.25, -0.2) is 17.2 Å². The number of amides is 1. The van der Waals surface area contributed by atoms with Crippen molar-refractivity contribution in [1.82, 2.24) is 14.5 Å². The second-order valence-electron chi connectivity index (χ2n) is 6.50. The largest absolute Gasteiger partial charge is 0.339 e. The first-order chi connectivity index (χ1) is 11.6. The summed E-state index contributed by atoms with van der Waals surface area (Å²) >= 11 is 1.43. The fourth-order valence-electron chi connectivity index (χ4n) is 3.26. The molecule has 0 radical (unpaired) electrons. The van der Waals surface area contributed by atoms with Crippen molar-refractivity contribution in [1.29, 1.82) is 0 Å². The highest BCUT2D eigenvalue weighted by molar-refractivity contribution is 7.89. The molecule has 0 aliphatic carbocycles. The number of hydrogen-bond acceptors (Lipinski definition) is 5. The van der Waals surface area contributed by atoms with Crippen molar-refractivity contribution >= 4 is 39.7 Å². The highest BCUT2D eigenvalue weighted by Crippen LogP contribution is 2.29. The molecule has 1 aromatic rings. The number of alkyl halides is 2. The smallest absolute Gasteiger partial charge is 0.262 e. The standard InChI is InChI=1S/C15H21F2N3O3S2.ClH/c1-10-7-13(11(2)24-10)25(22,23)20-5-3-19(4-6-20)14(21)12-8-15(16,17)9-18-12;/h7,12,18H,3-6,8-9H2,1-2H3;1H. The van der Waals surface area contributed by atoms with Crippen molar-refractivity contribution in [3.63, 3.8) is 0 Å². The van der Waals surface area contributed by atoms with Crippen LogP contribution in [0, 0.1) is 13.8 Å². The minimum absolute atomic E-state index is 0. The molecule has 2 saturated heterocycles. The lowest BCUT2D eigenvalue weighted by Gasteiger charge is -2.35. The monoisotopic (exact) mass is 429 g/mol. The van der Waals surface area contributed by atoms with E-state index < -0.39 is 35.0 Å². The maximum atomic E-state index is 13.2. The van der Waals surface area contributed by atoms with Crippen LogP contribution in [-0.4, -0.2) is 68.2 Å². The zero-order valence-electron chi connectivity index (χ0n) is 14.5. The van der Waals surface area contributed by atoms with Crippen LogP contribution in [0.5, 0.6) is 0 Å². The first-order valence-electron chi connectivity index (χ1n) is 8.07. The highest BCUT2D eigenvalue weighted by Gasteiger charge is 2.44. The van der Waals surface area contributed by atoms with E-state index in [1.54, 1.807) is 13.0 Å². The van der Waals surface area contributed by atoms with Gasteiger partial charge >= 0.3 is 0 Å². The summed E-state index contributed by atoms with van der Waals surface area (Å²) in [5.41, 5.74) is 0. The molecule has 1 amide bonds. The van der Waals surface area contributed by atoms with Gasteiger partial charge in [-0.05, 0) is 19.9 Å². The van der Waals surface area contributed by atoms with E-state index in [4.69, 9.17) is 0 Å². The van der Waals surface area contributed by atoms with Gasteiger partial charge in [0.05, 0.1) is 17.5 Å². The third-order valence-corrected chi connectivity index (χ3v) is 7.69. The number of nitrogens with zero attached hydrogens (tertiary/aromatic N) is 2. The van der Waals surface area contributed by atoms with Crippen LogP contribution in [0.3, 0.4) is 0 Å². The van der Waals surface area contributed by atoms with Crippen LogP contribution in [0.15, 0.2) is 11.0 Å². The van der Waals surface area contributed by atoms with Crippen LogP contribution in [0.25, 0.3) is 0 Å². The van der Waals surface area contributed by atoms with Crippen LogP contribution in [-0.2, 0) is 14.8 Å². The number of carbonyl (C=O) groups is 1. The second-order valence-corrected chi connectivity index (χ2v) is 9.87. The van der Waals surface area contributed by atoms with Gasteiger partial charge in [0.15, 0.2) is 0 Å². The number of carbonyl (C=O) groups excluding carboxylic acids is 1. The SMILES string of the molecule is Cc1cc(S(=O)(=O)N2CCN(C(=O)C3CC(F)(F)CN3)CC2)c(C)s1.Cl. The molecule has 1 aromatic heterocycles. The Morgan fingerprint density at radius 3 is 2.35 bits per heavy atom. The Bertz CT molecular complexity index is 777. The minimum Gasteiger partial charge on any atom is -0.339 e. The van der Waals surface area contributed by atoms with Gasteiger partial charge in [0.25, 0.3) is 5.92 Å². The summed E-state index contributed by atoms with van der Waals surface area (Å²) in [5, 5.41) is 2.55.